The van der Waals surface area contributed by atoms with Gasteiger partial charge in [0.1, 0.15) is 18.1 Å². The molecule has 0 aliphatic heterocycles. The van der Waals surface area contributed by atoms with Gasteiger partial charge < -0.3 is 9.30 Å². The van der Waals surface area contributed by atoms with Crippen LogP contribution in [-0.4, -0.2) is 9.55 Å². The molecule has 0 saturated carbocycles. The van der Waals surface area contributed by atoms with Crippen LogP contribution in [0, 0.1) is 27.7 Å². The van der Waals surface area contributed by atoms with Crippen molar-refractivity contribution in [1.82, 2.24) is 9.55 Å². The van der Waals surface area contributed by atoms with E-state index < -0.39 is 0 Å². The summed E-state index contributed by atoms with van der Waals surface area (Å²) in [6.45, 7) is 9.86. The Hall–Kier alpha value is -2.78. The number of pyridine rings is 1. The molecule has 0 atom stereocenters. The van der Waals surface area contributed by atoms with Gasteiger partial charge in [-0.05, 0) is 57.0 Å². The Morgan fingerprint density at radius 1 is 0.828 bits per heavy atom. The number of rotatable bonds is 5. The number of ether oxygens (including phenoxy) is 1. The fourth-order valence-corrected chi connectivity index (χ4v) is 3.63. The fraction of sp³-hybridized carbons (Fsp3) is 0.240. The second-order valence-corrected chi connectivity index (χ2v) is 7.54. The quantitative estimate of drug-likeness (QED) is 0.387. The zero-order valence-electron chi connectivity index (χ0n) is 17.4. The maximum absolute atomic E-state index is 6.05. The molecule has 0 saturated heterocycles. The first-order chi connectivity index (χ1) is 13.5. The van der Waals surface area contributed by atoms with E-state index in [0.717, 1.165) is 18.0 Å². The lowest BCUT2D eigenvalue weighted by atomic mass is 10.1. The molecule has 2 heterocycles. The van der Waals surface area contributed by atoms with E-state index in [1.807, 2.05) is 18.3 Å². The Morgan fingerprint density at radius 2 is 1.45 bits per heavy atom. The summed E-state index contributed by atoms with van der Waals surface area (Å²) in [5.41, 5.74) is 8.53. The molecule has 2 aromatic carbocycles. The van der Waals surface area contributed by atoms with Crippen LogP contribution in [0.1, 0.15) is 33.6 Å². The van der Waals surface area contributed by atoms with Crippen LogP contribution in [0.15, 0.2) is 60.8 Å². The van der Waals surface area contributed by atoms with Crippen LogP contribution in [0.3, 0.4) is 0 Å². The molecule has 4 rings (SSSR count). The lowest BCUT2D eigenvalue weighted by molar-refractivity contribution is 0.302. The van der Waals surface area contributed by atoms with E-state index in [2.05, 4.69) is 79.7 Å². The van der Waals surface area contributed by atoms with E-state index in [1.54, 1.807) is 0 Å². The van der Waals surface area contributed by atoms with E-state index in [4.69, 9.17) is 4.74 Å². The maximum Gasteiger partial charge on any atom is 0.132 e. The van der Waals surface area contributed by atoms with Crippen LogP contribution in [0.5, 0.6) is 5.75 Å². The van der Waals surface area contributed by atoms with Crippen molar-refractivity contribution in [3.63, 3.8) is 0 Å². The van der Waals surface area contributed by atoms with E-state index in [-0.39, 0.29) is 12.4 Å². The van der Waals surface area contributed by atoms with Gasteiger partial charge in [0.15, 0.2) is 0 Å². The van der Waals surface area contributed by atoms with Gasteiger partial charge in [0.25, 0.3) is 0 Å². The number of benzene rings is 2. The normalized spacial score (nSPS) is 10.8. The number of aromatic nitrogens is 2. The molecule has 29 heavy (non-hydrogen) atoms. The lowest BCUT2D eigenvalue weighted by Gasteiger charge is -2.12. The standard InChI is InChI=1S/C25H26N2O.ClH/c1-17-5-9-21(10-6-17)15-27-20(4)19(3)23-13-14-26-24(25(23)27)16-28-22-11-7-18(2)8-12-22;/h5-14H,15-16H2,1-4H3;1H. The number of nitrogens with zero attached hydrogens (tertiary/aromatic N) is 2. The molecule has 4 aromatic rings. The Labute approximate surface area is 178 Å². The third-order valence-corrected chi connectivity index (χ3v) is 5.48. The second kappa shape index (κ2) is 8.71. The zero-order chi connectivity index (χ0) is 19.7. The molecule has 0 aliphatic rings. The summed E-state index contributed by atoms with van der Waals surface area (Å²) in [6.07, 6.45) is 1.89. The number of aryl methyl sites for hydroxylation is 3. The van der Waals surface area contributed by atoms with Gasteiger partial charge in [0.05, 0.1) is 5.52 Å². The number of hydrogen-bond donors (Lipinski definition) is 0. The van der Waals surface area contributed by atoms with Crippen LogP contribution in [-0.2, 0) is 13.2 Å². The number of fused-ring (bicyclic) bond motifs is 1. The number of hydrogen-bond acceptors (Lipinski definition) is 2. The highest BCUT2D eigenvalue weighted by Crippen LogP contribution is 2.28. The highest BCUT2D eigenvalue weighted by Gasteiger charge is 2.16. The minimum atomic E-state index is 0. The van der Waals surface area contributed by atoms with Gasteiger partial charge in [0.2, 0.25) is 0 Å². The summed E-state index contributed by atoms with van der Waals surface area (Å²) in [6, 6.07) is 19.0. The molecule has 0 fully saturated rings. The van der Waals surface area contributed by atoms with Crippen molar-refractivity contribution in [1.29, 1.82) is 0 Å². The molecule has 0 N–H and O–H groups in total. The van der Waals surface area contributed by atoms with Crippen molar-refractivity contribution in [3.05, 3.63) is 94.4 Å². The number of halogens is 1. The zero-order valence-corrected chi connectivity index (χ0v) is 18.2. The summed E-state index contributed by atoms with van der Waals surface area (Å²) < 4.78 is 8.42. The molecule has 0 aliphatic carbocycles. The van der Waals surface area contributed by atoms with Crippen molar-refractivity contribution in [2.75, 3.05) is 0 Å². The van der Waals surface area contributed by atoms with Crippen LogP contribution in [0.4, 0.5) is 0 Å². The smallest absolute Gasteiger partial charge is 0.132 e. The van der Waals surface area contributed by atoms with Crippen LogP contribution < -0.4 is 4.74 Å². The van der Waals surface area contributed by atoms with E-state index in [9.17, 15) is 0 Å². The van der Waals surface area contributed by atoms with Crippen LogP contribution >= 0.6 is 12.4 Å². The summed E-state index contributed by atoms with van der Waals surface area (Å²) in [7, 11) is 0. The molecular weight excluding hydrogens is 380 g/mol. The van der Waals surface area contributed by atoms with Crippen molar-refractivity contribution in [2.45, 2.75) is 40.8 Å². The monoisotopic (exact) mass is 406 g/mol. The van der Waals surface area contributed by atoms with Crippen molar-refractivity contribution in [2.24, 2.45) is 0 Å². The predicted octanol–water partition coefficient (Wildman–Crippen LogP) is 6.32. The Bertz CT molecular complexity index is 1110. The summed E-state index contributed by atoms with van der Waals surface area (Å²) in [5, 5.41) is 1.25. The average Bonchev–Trinajstić information content (AvgIpc) is 2.95. The molecule has 0 radical (unpaired) electrons. The first-order valence-corrected chi connectivity index (χ1v) is 9.71. The van der Waals surface area contributed by atoms with Crippen molar-refractivity contribution >= 4 is 23.3 Å². The van der Waals surface area contributed by atoms with Gasteiger partial charge in [-0.3, -0.25) is 4.98 Å². The average molecular weight is 407 g/mol. The van der Waals surface area contributed by atoms with E-state index in [0.29, 0.717) is 6.61 Å². The minimum Gasteiger partial charge on any atom is -0.487 e. The molecule has 2 aromatic heterocycles. The van der Waals surface area contributed by atoms with Gasteiger partial charge in [-0.25, -0.2) is 0 Å². The lowest BCUT2D eigenvalue weighted by Crippen LogP contribution is -2.06. The molecule has 150 valence electrons. The van der Waals surface area contributed by atoms with Gasteiger partial charge in [-0.15, -0.1) is 12.4 Å². The maximum atomic E-state index is 6.05. The van der Waals surface area contributed by atoms with Gasteiger partial charge in [-0.2, -0.15) is 0 Å². The molecule has 0 unspecified atom stereocenters. The topological polar surface area (TPSA) is 27.1 Å². The van der Waals surface area contributed by atoms with Crippen LogP contribution in [0.25, 0.3) is 10.9 Å². The van der Waals surface area contributed by atoms with E-state index >= 15 is 0 Å². The molecular formula is C25H27ClN2O. The van der Waals surface area contributed by atoms with Gasteiger partial charge >= 0.3 is 0 Å². The molecule has 0 bridgehead atoms. The summed E-state index contributed by atoms with van der Waals surface area (Å²) in [4.78, 5) is 4.66. The second-order valence-electron chi connectivity index (χ2n) is 7.54. The molecule has 3 nitrogen and oxygen atoms in total. The molecule has 0 spiro atoms. The Morgan fingerprint density at radius 3 is 2.10 bits per heavy atom. The van der Waals surface area contributed by atoms with Crippen molar-refractivity contribution < 1.29 is 4.74 Å². The minimum absolute atomic E-state index is 0. The molecule has 0 amide bonds. The van der Waals surface area contributed by atoms with Gasteiger partial charge in [0, 0.05) is 23.8 Å². The first kappa shape index (κ1) is 20.9. The summed E-state index contributed by atoms with van der Waals surface area (Å²) >= 11 is 0. The van der Waals surface area contributed by atoms with E-state index in [1.165, 1.54) is 38.9 Å². The Balaban J connectivity index is 0.00000240. The predicted molar refractivity (Wildman–Crippen MR) is 122 cm³/mol. The third kappa shape index (κ3) is 4.30. The highest BCUT2D eigenvalue weighted by atomic mass is 35.5. The SMILES string of the molecule is Cc1ccc(Cn2c(C)c(C)c3ccnc(COc4ccc(C)cc4)c32)cc1.Cl. The molecule has 4 heteroatoms. The van der Waals surface area contributed by atoms with Gasteiger partial charge in [-0.1, -0.05) is 47.5 Å². The highest BCUT2D eigenvalue weighted by molar-refractivity contribution is 5.87. The Kier molecular flexibility index (Phi) is 6.29. The summed E-state index contributed by atoms with van der Waals surface area (Å²) in [5.74, 6) is 0.870. The largest absolute Gasteiger partial charge is 0.487 e. The third-order valence-electron chi connectivity index (χ3n) is 5.48. The fourth-order valence-electron chi connectivity index (χ4n) is 3.63. The van der Waals surface area contributed by atoms with Crippen LogP contribution in [0.2, 0.25) is 0 Å². The van der Waals surface area contributed by atoms with Crippen molar-refractivity contribution in [3.8, 4) is 5.75 Å². The first-order valence-electron chi connectivity index (χ1n) is 9.71.